The number of aromatic nitrogens is 1. The number of aliphatic hydroxyl groups is 1. The minimum absolute atomic E-state index is 0.433. The summed E-state index contributed by atoms with van der Waals surface area (Å²) >= 11 is 12.1. The van der Waals surface area contributed by atoms with Crippen LogP contribution < -0.4 is 0 Å². The van der Waals surface area contributed by atoms with Crippen LogP contribution in [-0.4, -0.2) is 9.67 Å². The van der Waals surface area contributed by atoms with E-state index in [-0.39, 0.29) is 0 Å². The first-order chi connectivity index (χ1) is 13.5. The van der Waals surface area contributed by atoms with Gasteiger partial charge in [-0.05, 0) is 47.9 Å². The zero-order valence-corrected chi connectivity index (χ0v) is 16.9. The molecule has 0 saturated heterocycles. The first-order valence-corrected chi connectivity index (χ1v) is 9.86. The number of hydrogen-bond donors (Lipinski definition) is 1. The molecule has 4 aromatic rings. The van der Waals surface area contributed by atoms with Gasteiger partial charge < -0.3 is 9.67 Å². The second-order valence-corrected chi connectivity index (χ2v) is 7.77. The summed E-state index contributed by atoms with van der Waals surface area (Å²) < 4.78 is 2.10. The fourth-order valence-electron chi connectivity index (χ4n) is 3.49. The Balaban J connectivity index is 1.68. The van der Waals surface area contributed by atoms with E-state index >= 15 is 0 Å². The first-order valence-electron chi connectivity index (χ1n) is 9.10. The predicted molar refractivity (Wildman–Crippen MR) is 115 cm³/mol. The van der Waals surface area contributed by atoms with Crippen molar-refractivity contribution in [2.75, 3.05) is 0 Å². The predicted octanol–water partition coefficient (Wildman–Crippen LogP) is 6.18. The van der Waals surface area contributed by atoms with Gasteiger partial charge in [0.25, 0.3) is 0 Å². The number of hydrogen-bond acceptors (Lipinski definition) is 1. The Morgan fingerprint density at radius 2 is 1.89 bits per heavy atom. The molecule has 0 aliphatic carbocycles. The normalized spacial score (nSPS) is 12.1. The van der Waals surface area contributed by atoms with Gasteiger partial charge in [0, 0.05) is 29.1 Å². The van der Waals surface area contributed by atoms with Gasteiger partial charge in [-0.25, -0.2) is 0 Å². The maximum absolute atomic E-state index is 10.8. The Hall–Kier alpha value is -2.44. The number of para-hydroxylation sites is 1. The van der Waals surface area contributed by atoms with E-state index in [4.69, 9.17) is 23.2 Å². The summed E-state index contributed by atoms with van der Waals surface area (Å²) in [7, 11) is 0. The second kappa shape index (κ2) is 7.89. The van der Waals surface area contributed by atoms with Gasteiger partial charge in [-0.1, -0.05) is 65.7 Å². The van der Waals surface area contributed by atoms with E-state index in [2.05, 4.69) is 48.0 Å². The third kappa shape index (κ3) is 3.75. The fourth-order valence-corrected chi connectivity index (χ4v) is 3.80. The molecule has 0 saturated carbocycles. The SMILES string of the molecule is Cc1ccc#cc1Cc1cn(C[C@H](O)c2ccc(Cl)c(Cl)c2)c2ccccc12. The molecule has 4 heteroatoms. The van der Waals surface area contributed by atoms with Crippen LogP contribution in [0.15, 0.2) is 60.8 Å². The lowest BCUT2D eigenvalue weighted by Crippen LogP contribution is -2.07. The van der Waals surface area contributed by atoms with Crippen LogP contribution in [0.3, 0.4) is 0 Å². The molecular weight excluding hydrogens is 389 g/mol. The molecule has 0 aliphatic rings. The highest BCUT2D eigenvalue weighted by Gasteiger charge is 2.15. The molecule has 4 rings (SSSR count). The molecule has 0 aliphatic heterocycles. The van der Waals surface area contributed by atoms with Crippen LogP contribution in [0.1, 0.15) is 28.4 Å². The summed E-state index contributed by atoms with van der Waals surface area (Å²) in [6.45, 7) is 2.52. The highest BCUT2D eigenvalue weighted by atomic mass is 35.5. The summed E-state index contributed by atoms with van der Waals surface area (Å²) in [6.07, 6.45) is 2.21. The molecule has 0 fully saturated rings. The number of nitrogens with zero attached hydrogens (tertiary/aromatic N) is 1. The summed E-state index contributed by atoms with van der Waals surface area (Å²) in [5.41, 5.74) is 5.38. The van der Waals surface area contributed by atoms with Crippen LogP contribution in [0.5, 0.6) is 0 Å². The van der Waals surface area contributed by atoms with E-state index in [1.165, 1.54) is 16.5 Å². The number of rotatable bonds is 5. The highest BCUT2D eigenvalue weighted by molar-refractivity contribution is 6.42. The third-order valence-corrected chi connectivity index (χ3v) is 5.79. The molecule has 1 N–H and O–H groups in total. The minimum Gasteiger partial charge on any atom is -0.387 e. The molecule has 0 unspecified atom stereocenters. The average molecular weight is 408 g/mol. The summed E-state index contributed by atoms with van der Waals surface area (Å²) in [5.74, 6) is 0. The third-order valence-electron chi connectivity index (χ3n) is 5.05. The molecule has 0 radical (unpaired) electrons. The number of benzene rings is 2. The Morgan fingerprint density at radius 3 is 2.68 bits per heavy atom. The lowest BCUT2D eigenvalue weighted by atomic mass is 10.0. The molecule has 1 aromatic heterocycles. The largest absolute Gasteiger partial charge is 0.387 e. The molecule has 1 atom stereocenters. The van der Waals surface area contributed by atoms with Crippen LogP contribution in [0, 0.1) is 19.1 Å². The van der Waals surface area contributed by atoms with Crippen LogP contribution in [-0.2, 0) is 13.0 Å². The van der Waals surface area contributed by atoms with Crippen molar-refractivity contribution in [3.8, 4) is 0 Å². The summed E-state index contributed by atoms with van der Waals surface area (Å²) in [6, 6.07) is 23.7. The molecule has 3 aromatic carbocycles. The Labute approximate surface area is 175 Å². The van der Waals surface area contributed by atoms with Gasteiger partial charge in [0.05, 0.1) is 22.7 Å². The van der Waals surface area contributed by atoms with Gasteiger partial charge in [0.15, 0.2) is 0 Å². The zero-order valence-electron chi connectivity index (χ0n) is 15.4. The van der Waals surface area contributed by atoms with Gasteiger partial charge in [-0.3, -0.25) is 0 Å². The molecule has 0 amide bonds. The standard InChI is InChI=1S/C24H19Cl2NO/c1-16-6-2-3-7-17(16)12-19-14-27(23-9-5-4-8-20(19)23)15-24(28)18-10-11-21(25)22(26)13-18/h2,4-6,8-11,13-14,24,28H,12,15H2,1H3/t24-/m0/s1. The lowest BCUT2D eigenvalue weighted by Gasteiger charge is -2.14. The number of aryl methyl sites for hydroxylation is 1. The van der Waals surface area contributed by atoms with Crippen molar-refractivity contribution >= 4 is 34.1 Å². The van der Waals surface area contributed by atoms with E-state index in [0.29, 0.717) is 16.6 Å². The van der Waals surface area contributed by atoms with Crippen molar-refractivity contribution in [3.63, 3.8) is 0 Å². The lowest BCUT2D eigenvalue weighted by molar-refractivity contribution is 0.158. The van der Waals surface area contributed by atoms with E-state index in [1.807, 2.05) is 24.3 Å². The quantitative estimate of drug-likeness (QED) is 0.419. The summed E-state index contributed by atoms with van der Waals surface area (Å²) in [5, 5.41) is 12.9. The first kappa shape index (κ1) is 18.9. The van der Waals surface area contributed by atoms with E-state index in [9.17, 15) is 5.11 Å². The van der Waals surface area contributed by atoms with Gasteiger partial charge in [0.2, 0.25) is 0 Å². The van der Waals surface area contributed by atoms with Gasteiger partial charge in [0.1, 0.15) is 0 Å². The van der Waals surface area contributed by atoms with Crippen LogP contribution >= 0.6 is 23.2 Å². The van der Waals surface area contributed by atoms with E-state index < -0.39 is 6.10 Å². The molecule has 2 nitrogen and oxygen atoms in total. The van der Waals surface area contributed by atoms with Crippen molar-refractivity contribution in [2.24, 2.45) is 0 Å². The van der Waals surface area contributed by atoms with Crippen molar-refractivity contribution < 1.29 is 5.11 Å². The number of halogens is 2. The van der Waals surface area contributed by atoms with Crippen LogP contribution in [0.25, 0.3) is 10.9 Å². The monoisotopic (exact) mass is 407 g/mol. The molecule has 140 valence electrons. The Morgan fingerprint density at radius 1 is 1.07 bits per heavy atom. The Kier molecular flexibility index (Phi) is 5.33. The van der Waals surface area contributed by atoms with E-state index in [1.54, 1.807) is 12.1 Å². The fraction of sp³-hybridized carbons (Fsp3) is 0.167. The van der Waals surface area contributed by atoms with Crippen molar-refractivity contribution in [1.82, 2.24) is 4.57 Å². The number of fused-ring (bicyclic) bond motifs is 1. The van der Waals surface area contributed by atoms with Crippen molar-refractivity contribution in [1.29, 1.82) is 0 Å². The molecule has 1 heterocycles. The Bertz CT molecular complexity index is 1130. The van der Waals surface area contributed by atoms with E-state index in [0.717, 1.165) is 23.1 Å². The minimum atomic E-state index is -0.684. The number of aliphatic hydroxyl groups excluding tert-OH is 1. The summed E-state index contributed by atoms with van der Waals surface area (Å²) in [4.78, 5) is 0. The topological polar surface area (TPSA) is 25.2 Å². The second-order valence-electron chi connectivity index (χ2n) is 6.95. The zero-order chi connectivity index (χ0) is 19.7. The average Bonchev–Trinajstić information content (AvgIpc) is 3.03. The maximum atomic E-state index is 10.8. The van der Waals surface area contributed by atoms with Crippen molar-refractivity contribution in [2.45, 2.75) is 26.0 Å². The molecule has 28 heavy (non-hydrogen) atoms. The highest BCUT2D eigenvalue weighted by Crippen LogP contribution is 2.29. The molecular formula is C24H19Cl2NO. The smallest absolute Gasteiger partial charge is 0.0969 e. The molecule has 0 spiro atoms. The van der Waals surface area contributed by atoms with Gasteiger partial charge in [-0.2, -0.15) is 0 Å². The van der Waals surface area contributed by atoms with Gasteiger partial charge >= 0.3 is 0 Å². The van der Waals surface area contributed by atoms with Crippen LogP contribution in [0.2, 0.25) is 10.0 Å². The maximum Gasteiger partial charge on any atom is 0.0969 e. The van der Waals surface area contributed by atoms with Crippen LogP contribution in [0.4, 0.5) is 0 Å². The molecule has 0 bridgehead atoms. The van der Waals surface area contributed by atoms with Gasteiger partial charge in [-0.15, -0.1) is 0 Å². The van der Waals surface area contributed by atoms with Crippen molar-refractivity contribution in [3.05, 3.63) is 105 Å².